The second-order valence-corrected chi connectivity index (χ2v) is 7.56. The molecule has 2 fully saturated rings. The molecule has 0 bridgehead atoms. The van der Waals surface area contributed by atoms with E-state index in [-0.39, 0.29) is 11.6 Å². The molecule has 2 amide bonds. The van der Waals surface area contributed by atoms with Gasteiger partial charge >= 0.3 is 11.7 Å². The maximum atomic E-state index is 12.5. The van der Waals surface area contributed by atoms with Gasteiger partial charge < -0.3 is 15.1 Å². The summed E-state index contributed by atoms with van der Waals surface area (Å²) in [7, 11) is 1.44. The molecule has 4 rings (SSSR count). The number of aromatic amines is 1. The highest BCUT2D eigenvalue weighted by molar-refractivity contribution is 6.30. The second-order valence-electron chi connectivity index (χ2n) is 7.13. The SMILES string of the molecule is Cn1c(=O)cc(N2CC3CN(C(=O)Nc4cccc(Cl)c4)CC3C2)[nH]c1=O. The van der Waals surface area contributed by atoms with Gasteiger partial charge in [0.25, 0.3) is 5.56 Å². The van der Waals surface area contributed by atoms with Gasteiger partial charge in [-0.3, -0.25) is 14.3 Å². The fraction of sp³-hybridized carbons (Fsp3) is 0.389. The molecular weight excluding hydrogens is 370 g/mol. The summed E-state index contributed by atoms with van der Waals surface area (Å²) < 4.78 is 1.04. The van der Waals surface area contributed by atoms with Gasteiger partial charge in [0.1, 0.15) is 5.82 Å². The van der Waals surface area contributed by atoms with Crippen LogP contribution in [0.25, 0.3) is 0 Å². The fourth-order valence-corrected chi connectivity index (χ4v) is 4.03. The molecule has 1 aromatic carbocycles. The number of benzene rings is 1. The summed E-state index contributed by atoms with van der Waals surface area (Å²) in [6, 6.07) is 8.37. The third-order valence-corrected chi connectivity index (χ3v) is 5.56. The maximum Gasteiger partial charge on any atom is 0.329 e. The first-order chi connectivity index (χ1) is 12.9. The van der Waals surface area contributed by atoms with E-state index in [2.05, 4.69) is 10.3 Å². The van der Waals surface area contributed by atoms with Gasteiger partial charge in [-0.2, -0.15) is 0 Å². The Bertz CT molecular complexity index is 956. The molecule has 2 unspecified atom stereocenters. The van der Waals surface area contributed by atoms with Crippen LogP contribution >= 0.6 is 11.6 Å². The molecule has 2 aromatic rings. The number of likely N-dealkylation sites (tertiary alicyclic amines) is 1. The van der Waals surface area contributed by atoms with Crippen molar-refractivity contribution in [2.24, 2.45) is 18.9 Å². The Morgan fingerprint density at radius 2 is 1.85 bits per heavy atom. The van der Waals surface area contributed by atoms with Crippen molar-refractivity contribution in [1.29, 1.82) is 0 Å². The van der Waals surface area contributed by atoms with Crippen molar-refractivity contribution in [3.63, 3.8) is 0 Å². The third-order valence-electron chi connectivity index (χ3n) is 5.32. The molecule has 3 heterocycles. The van der Waals surface area contributed by atoms with Crippen LogP contribution in [0.2, 0.25) is 5.02 Å². The van der Waals surface area contributed by atoms with Crippen molar-refractivity contribution >= 4 is 29.1 Å². The standard InChI is InChI=1S/C18H20ClN5O3/c1-22-16(25)6-15(21-17(22)26)23-7-11-9-24(10-12(11)8-23)18(27)20-14-4-2-3-13(19)5-14/h2-6,11-12H,7-10H2,1H3,(H,20,27)(H,21,26). The Balaban J connectivity index is 1.40. The number of fused-ring (bicyclic) bond motifs is 1. The number of nitrogens with one attached hydrogen (secondary N) is 2. The number of rotatable bonds is 2. The van der Waals surface area contributed by atoms with E-state index >= 15 is 0 Å². The highest BCUT2D eigenvalue weighted by Crippen LogP contribution is 2.33. The van der Waals surface area contributed by atoms with Crippen LogP contribution in [0.5, 0.6) is 0 Å². The summed E-state index contributed by atoms with van der Waals surface area (Å²) in [4.78, 5) is 42.7. The first-order valence-corrected chi connectivity index (χ1v) is 9.15. The fourth-order valence-electron chi connectivity index (χ4n) is 3.84. The van der Waals surface area contributed by atoms with Crippen molar-refractivity contribution in [2.75, 3.05) is 36.4 Å². The molecule has 2 aliphatic rings. The summed E-state index contributed by atoms with van der Waals surface area (Å²) in [6.07, 6.45) is 0. The van der Waals surface area contributed by atoms with Crippen molar-refractivity contribution < 1.29 is 4.79 Å². The lowest BCUT2D eigenvalue weighted by atomic mass is 10.0. The number of urea groups is 1. The number of halogens is 1. The van der Waals surface area contributed by atoms with Gasteiger partial charge in [0.15, 0.2) is 0 Å². The average molecular weight is 390 g/mol. The number of amides is 2. The summed E-state index contributed by atoms with van der Waals surface area (Å²) in [6.45, 7) is 2.69. The Kier molecular flexibility index (Phi) is 4.43. The lowest BCUT2D eigenvalue weighted by Gasteiger charge is -2.23. The van der Waals surface area contributed by atoms with Crippen LogP contribution in [0, 0.1) is 11.8 Å². The van der Waals surface area contributed by atoms with Crippen LogP contribution < -0.4 is 21.5 Å². The predicted octanol–water partition coefficient (Wildman–Crippen LogP) is 1.33. The average Bonchev–Trinajstić information content (AvgIpc) is 3.18. The number of H-pyrrole nitrogens is 1. The van der Waals surface area contributed by atoms with E-state index in [1.165, 1.54) is 13.1 Å². The Morgan fingerprint density at radius 3 is 2.48 bits per heavy atom. The second kappa shape index (κ2) is 6.77. The number of hydrogen-bond donors (Lipinski definition) is 2. The predicted molar refractivity (Wildman–Crippen MR) is 104 cm³/mol. The van der Waals surface area contributed by atoms with E-state index in [1.54, 1.807) is 29.2 Å². The van der Waals surface area contributed by atoms with E-state index in [0.29, 0.717) is 54.5 Å². The zero-order valence-corrected chi connectivity index (χ0v) is 15.6. The van der Waals surface area contributed by atoms with E-state index in [4.69, 9.17) is 11.6 Å². The van der Waals surface area contributed by atoms with Gasteiger partial charge in [-0.05, 0) is 18.2 Å². The number of carbonyl (C=O) groups is 1. The van der Waals surface area contributed by atoms with Crippen LogP contribution in [-0.4, -0.2) is 46.7 Å². The summed E-state index contributed by atoms with van der Waals surface area (Å²) in [5.74, 6) is 1.16. The van der Waals surface area contributed by atoms with Crippen molar-refractivity contribution in [3.05, 3.63) is 56.2 Å². The molecule has 27 heavy (non-hydrogen) atoms. The minimum Gasteiger partial charge on any atom is -0.357 e. The molecule has 2 N–H and O–H groups in total. The maximum absolute atomic E-state index is 12.5. The third kappa shape index (κ3) is 3.44. The van der Waals surface area contributed by atoms with Crippen molar-refractivity contribution in [3.8, 4) is 0 Å². The topological polar surface area (TPSA) is 90.4 Å². The number of aromatic nitrogens is 2. The van der Waals surface area contributed by atoms with Crippen LogP contribution in [0.3, 0.4) is 0 Å². The lowest BCUT2D eigenvalue weighted by Crippen LogP contribution is -2.38. The monoisotopic (exact) mass is 389 g/mol. The molecule has 8 nitrogen and oxygen atoms in total. The zero-order valence-electron chi connectivity index (χ0n) is 14.8. The molecule has 1 aromatic heterocycles. The van der Waals surface area contributed by atoms with Gasteiger partial charge in [-0.15, -0.1) is 0 Å². The molecule has 142 valence electrons. The molecule has 2 saturated heterocycles. The molecule has 0 spiro atoms. The summed E-state index contributed by atoms with van der Waals surface area (Å²) >= 11 is 5.95. The molecule has 9 heteroatoms. The zero-order chi connectivity index (χ0) is 19.1. The molecule has 2 aliphatic heterocycles. The summed E-state index contributed by atoms with van der Waals surface area (Å²) in [5, 5.41) is 3.45. The number of anilines is 2. The highest BCUT2D eigenvalue weighted by atomic mass is 35.5. The Morgan fingerprint density at radius 1 is 1.15 bits per heavy atom. The Labute approximate surface area is 160 Å². The van der Waals surface area contributed by atoms with Crippen molar-refractivity contribution in [2.45, 2.75) is 0 Å². The van der Waals surface area contributed by atoms with Gasteiger partial charge in [-0.25, -0.2) is 9.59 Å². The minimum atomic E-state index is -0.419. The van der Waals surface area contributed by atoms with E-state index in [9.17, 15) is 14.4 Å². The van der Waals surface area contributed by atoms with E-state index in [1.807, 2.05) is 4.90 Å². The van der Waals surface area contributed by atoms with Gasteiger partial charge in [-0.1, -0.05) is 17.7 Å². The first-order valence-electron chi connectivity index (χ1n) is 8.77. The molecular formula is C18H20ClN5O3. The highest BCUT2D eigenvalue weighted by Gasteiger charge is 2.42. The van der Waals surface area contributed by atoms with Gasteiger partial charge in [0.2, 0.25) is 0 Å². The normalized spacial score (nSPS) is 21.4. The van der Waals surface area contributed by atoms with E-state index < -0.39 is 5.69 Å². The van der Waals surface area contributed by atoms with Gasteiger partial charge in [0, 0.05) is 61.8 Å². The lowest BCUT2D eigenvalue weighted by molar-refractivity contribution is 0.219. The van der Waals surface area contributed by atoms with Crippen LogP contribution in [0.15, 0.2) is 39.9 Å². The summed E-state index contributed by atoms with van der Waals surface area (Å²) in [5.41, 5.74) is -0.0747. The molecule has 0 radical (unpaired) electrons. The van der Waals surface area contributed by atoms with Crippen LogP contribution in [0.4, 0.5) is 16.3 Å². The molecule has 2 atom stereocenters. The number of nitrogens with zero attached hydrogens (tertiary/aromatic N) is 3. The Hall–Kier alpha value is -2.74. The smallest absolute Gasteiger partial charge is 0.329 e. The van der Waals surface area contributed by atoms with E-state index in [0.717, 1.165) is 4.57 Å². The number of hydrogen-bond acceptors (Lipinski definition) is 4. The molecule has 0 aliphatic carbocycles. The van der Waals surface area contributed by atoms with Gasteiger partial charge in [0.05, 0.1) is 0 Å². The van der Waals surface area contributed by atoms with Crippen LogP contribution in [-0.2, 0) is 7.05 Å². The van der Waals surface area contributed by atoms with Crippen molar-refractivity contribution in [1.82, 2.24) is 14.5 Å². The molecule has 0 saturated carbocycles. The first kappa shape index (κ1) is 17.7. The largest absolute Gasteiger partial charge is 0.357 e. The number of carbonyl (C=O) groups excluding carboxylic acids is 1. The minimum absolute atomic E-state index is 0.139. The quantitative estimate of drug-likeness (QED) is 0.810. The van der Waals surface area contributed by atoms with Crippen LogP contribution in [0.1, 0.15) is 0 Å².